The van der Waals surface area contributed by atoms with Crippen LogP contribution in [0.3, 0.4) is 0 Å². The molecule has 0 saturated heterocycles. The Hall–Kier alpha value is -3.45. The first kappa shape index (κ1) is 23.2. The molecule has 0 bridgehead atoms. The van der Waals surface area contributed by atoms with Crippen molar-refractivity contribution >= 4 is 27.4 Å². The van der Waals surface area contributed by atoms with Gasteiger partial charge in [-0.25, -0.2) is 8.42 Å². The number of carbonyl (C=O) groups excluding carboxylic acids is 2. The van der Waals surface area contributed by atoms with Gasteiger partial charge in [0.15, 0.2) is 9.84 Å². The Labute approximate surface area is 188 Å². The van der Waals surface area contributed by atoms with Crippen molar-refractivity contribution in [1.29, 1.82) is 0 Å². The first-order valence-electron chi connectivity index (χ1n) is 10.2. The Bertz CT molecular complexity index is 1170. The monoisotopic (exact) mass is 451 g/mol. The summed E-state index contributed by atoms with van der Waals surface area (Å²) in [6.07, 6.45) is -1.57. The Morgan fingerprint density at radius 1 is 0.844 bits per heavy atom. The number of aryl methyl sites for hydroxylation is 2. The van der Waals surface area contributed by atoms with E-state index >= 15 is 0 Å². The maximum atomic E-state index is 12.9. The van der Waals surface area contributed by atoms with Crippen LogP contribution in [0.15, 0.2) is 83.8 Å². The van der Waals surface area contributed by atoms with Crippen molar-refractivity contribution in [3.8, 4) is 0 Å². The molecule has 6 nitrogen and oxygen atoms in total. The van der Waals surface area contributed by atoms with Crippen LogP contribution in [0.1, 0.15) is 29.2 Å². The molecule has 0 aliphatic heterocycles. The fraction of sp³-hybridized carbons (Fsp3) is 0.200. The van der Waals surface area contributed by atoms with Gasteiger partial charge in [-0.1, -0.05) is 65.7 Å². The third kappa shape index (κ3) is 6.28. The van der Waals surface area contributed by atoms with Gasteiger partial charge in [0.1, 0.15) is 0 Å². The van der Waals surface area contributed by atoms with E-state index in [-0.39, 0.29) is 11.3 Å². The zero-order valence-electron chi connectivity index (χ0n) is 17.9. The maximum Gasteiger partial charge on any atom is 0.307 e. The van der Waals surface area contributed by atoms with Crippen molar-refractivity contribution in [3.05, 3.63) is 95.6 Å². The minimum atomic E-state index is -3.65. The molecule has 1 amide bonds. The lowest BCUT2D eigenvalue weighted by Gasteiger charge is -2.18. The van der Waals surface area contributed by atoms with Crippen LogP contribution in [0.5, 0.6) is 0 Å². The number of amides is 1. The normalized spacial score (nSPS) is 12.1. The van der Waals surface area contributed by atoms with Gasteiger partial charge in [0.2, 0.25) is 6.10 Å². The quantitative estimate of drug-likeness (QED) is 0.513. The van der Waals surface area contributed by atoms with Crippen LogP contribution in [0.4, 0.5) is 5.69 Å². The van der Waals surface area contributed by atoms with Crippen molar-refractivity contribution in [2.75, 3.05) is 11.1 Å². The molecule has 0 radical (unpaired) electrons. The lowest BCUT2D eigenvalue weighted by molar-refractivity contribution is -0.154. The second-order valence-electron chi connectivity index (χ2n) is 7.52. The number of sulfone groups is 1. The first-order valence-corrected chi connectivity index (χ1v) is 11.8. The van der Waals surface area contributed by atoms with E-state index in [0.29, 0.717) is 11.3 Å². The molecule has 1 unspecified atom stereocenters. The molecule has 0 fully saturated rings. The van der Waals surface area contributed by atoms with E-state index in [4.69, 9.17) is 4.74 Å². The highest BCUT2D eigenvalue weighted by atomic mass is 32.2. The summed E-state index contributed by atoms with van der Waals surface area (Å²) in [6.45, 7) is 3.80. The molecule has 0 spiro atoms. The predicted molar refractivity (Wildman–Crippen MR) is 123 cm³/mol. The average molecular weight is 452 g/mol. The van der Waals surface area contributed by atoms with Gasteiger partial charge in [-0.05, 0) is 38.1 Å². The van der Waals surface area contributed by atoms with Crippen molar-refractivity contribution < 1.29 is 22.7 Å². The molecule has 0 heterocycles. The SMILES string of the molecule is Cc1ccc(NC(=O)C(OC(=O)CCS(=O)(=O)c2ccc(C)cc2)c2ccccc2)cc1. The smallest absolute Gasteiger partial charge is 0.307 e. The molecule has 7 heteroatoms. The molecule has 166 valence electrons. The molecule has 0 aliphatic carbocycles. The standard InChI is InChI=1S/C25H25NO5S/c1-18-8-12-21(13-9-18)26-25(28)24(20-6-4-3-5-7-20)31-23(27)16-17-32(29,30)22-14-10-19(2)11-15-22/h3-15,24H,16-17H2,1-2H3,(H,26,28). The van der Waals surface area contributed by atoms with E-state index in [0.717, 1.165) is 11.1 Å². The Morgan fingerprint density at radius 3 is 2.00 bits per heavy atom. The summed E-state index contributed by atoms with van der Waals surface area (Å²) in [6, 6.07) is 22.3. The second-order valence-corrected chi connectivity index (χ2v) is 9.63. The number of carbonyl (C=O) groups is 2. The van der Waals surface area contributed by atoms with E-state index in [1.807, 2.05) is 26.0 Å². The summed E-state index contributed by atoms with van der Waals surface area (Å²) < 4.78 is 30.5. The number of rotatable bonds is 8. The van der Waals surface area contributed by atoms with Crippen LogP contribution in [0.2, 0.25) is 0 Å². The highest BCUT2D eigenvalue weighted by Gasteiger charge is 2.26. The summed E-state index contributed by atoms with van der Waals surface area (Å²) in [5.74, 6) is -1.70. The van der Waals surface area contributed by atoms with Gasteiger partial charge in [0, 0.05) is 11.3 Å². The third-order valence-electron chi connectivity index (χ3n) is 4.86. The number of hydrogen-bond acceptors (Lipinski definition) is 5. The van der Waals surface area contributed by atoms with Crippen LogP contribution in [-0.2, 0) is 24.2 Å². The summed E-state index contributed by atoms with van der Waals surface area (Å²) in [5, 5.41) is 2.74. The molecule has 3 rings (SSSR count). The van der Waals surface area contributed by atoms with Crippen LogP contribution in [0.25, 0.3) is 0 Å². The van der Waals surface area contributed by atoms with Gasteiger partial charge >= 0.3 is 5.97 Å². The third-order valence-corrected chi connectivity index (χ3v) is 6.60. The zero-order chi connectivity index (χ0) is 23.1. The average Bonchev–Trinajstić information content (AvgIpc) is 2.78. The molecule has 1 N–H and O–H groups in total. The molecular formula is C25H25NO5S. The second kappa shape index (κ2) is 10.2. The van der Waals surface area contributed by atoms with Gasteiger partial charge in [-0.3, -0.25) is 9.59 Å². The van der Waals surface area contributed by atoms with E-state index in [2.05, 4.69) is 5.32 Å². The molecule has 0 aliphatic rings. The minimum Gasteiger partial charge on any atom is -0.447 e. The molecule has 1 atom stereocenters. The van der Waals surface area contributed by atoms with E-state index in [9.17, 15) is 18.0 Å². The summed E-state index contributed by atoms with van der Waals surface area (Å²) in [5.41, 5.74) is 3.05. The van der Waals surface area contributed by atoms with Gasteiger partial charge in [-0.15, -0.1) is 0 Å². The molecule has 3 aromatic rings. The number of esters is 1. The largest absolute Gasteiger partial charge is 0.447 e. The predicted octanol–water partition coefficient (Wildman–Crippen LogP) is 4.39. The summed E-state index contributed by atoms with van der Waals surface area (Å²) >= 11 is 0. The van der Waals surface area contributed by atoms with Crippen molar-refractivity contribution in [2.24, 2.45) is 0 Å². The van der Waals surface area contributed by atoms with Gasteiger partial charge in [0.25, 0.3) is 5.91 Å². The fourth-order valence-electron chi connectivity index (χ4n) is 3.02. The van der Waals surface area contributed by atoms with Crippen molar-refractivity contribution in [1.82, 2.24) is 0 Å². The van der Waals surface area contributed by atoms with Crippen LogP contribution in [-0.4, -0.2) is 26.0 Å². The van der Waals surface area contributed by atoms with Crippen LogP contribution >= 0.6 is 0 Å². The number of nitrogens with one attached hydrogen (secondary N) is 1. The minimum absolute atomic E-state index is 0.146. The van der Waals surface area contributed by atoms with Gasteiger partial charge in [-0.2, -0.15) is 0 Å². The highest BCUT2D eigenvalue weighted by Crippen LogP contribution is 2.22. The van der Waals surface area contributed by atoms with E-state index in [1.54, 1.807) is 54.6 Å². The van der Waals surface area contributed by atoms with Gasteiger partial charge < -0.3 is 10.1 Å². The zero-order valence-corrected chi connectivity index (χ0v) is 18.8. The number of ether oxygens (including phenoxy) is 1. The topological polar surface area (TPSA) is 89.5 Å². The van der Waals surface area contributed by atoms with Crippen LogP contribution < -0.4 is 5.32 Å². The first-order chi connectivity index (χ1) is 15.2. The van der Waals surface area contributed by atoms with Crippen molar-refractivity contribution in [2.45, 2.75) is 31.3 Å². The number of hydrogen-bond donors (Lipinski definition) is 1. The Balaban J connectivity index is 1.70. The molecular weight excluding hydrogens is 426 g/mol. The van der Waals surface area contributed by atoms with Crippen molar-refractivity contribution in [3.63, 3.8) is 0 Å². The van der Waals surface area contributed by atoms with E-state index < -0.39 is 33.6 Å². The fourth-order valence-corrected chi connectivity index (χ4v) is 4.24. The Kier molecular flexibility index (Phi) is 7.43. The summed E-state index contributed by atoms with van der Waals surface area (Å²) in [4.78, 5) is 25.5. The highest BCUT2D eigenvalue weighted by molar-refractivity contribution is 7.91. The lowest BCUT2D eigenvalue weighted by atomic mass is 10.1. The van der Waals surface area contributed by atoms with E-state index in [1.165, 1.54) is 12.1 Å². The summed E-state index contributed by atoms with van der Waals surface area (Å²) in [7, 11) is -3.65. The maximum absolute atomic E-state index is 12.9. The number of anilines is 1. The number of benzene rings is 3. The van der Waals surface area contributed by atoms with Crippen LogP contribution in [0, 0.1) is 13.8 Å². The molecule has 3 aromatic carbocycles. The lowest BCUT2D eigenvalue weighted by Crippen LogP contribution is -2.26. The Morgan fingerprint density at radius 2 is 1.41 bits per heavy atom. The molecule has 32 heavy (non-hydrogen) atoms. The molecule has 0 aromatic heterocycles. The van der Waals surface area contributed by atoms with Gasteiger partial charge in [0.05, 0.1) is 17.1 Å². The molecule has 0 saturated carbocycles.